The Kier molecular flexibility index (Phi) is 42.3. The predicted molar refractivity (Wildman–Crippen MR) is 252 cm³/mol. The Morgan fingerprint density at radius 3 is 1.20 bits per heavy atom. The first-order chi connectivity index (χ1) is 29.1. The Morgan fingerprint density at radius 2 is 0.833 bits per heavy atom. The molecule has 0 fully saturated rings. The lowest BCUT2D eigenvalue weighted by Gasteiger charge is -2.31. The van der Waals surface area contributed by atoms with Crippen molar-refractivity contribution in [2.24, 2.45) is 0 Å². The molecule has 0 saturated carbocycles. The summed E-state index contributed by atoms with van der Waals surface area (Å²) in [4.78, 5) is 37.1. The minimum Gasteiger partial charge on any atom is -0.477 e. The number of hydrogen-bond acceptors (Lipinski definition) is 6. The fourth-order valence-corrected chi connectivity index (χ4v) is 7.91. The molecule has 0 aliphatic rings. The van der Waals surface area contributed by atoms with Gasteiger partial charge in [-0.05, 0) is 38.5 Å². The van der Waals surface area contributed by atoms with Gasteiger partial charge in [0.2, 0.25) is 0 Å². The largest absolute Gasteiger partial charge is 0.477 e. The van der Waals surface area contributed by atoms with Crippen LogP contribution < -0.4 is 0 Å². The lowest BCUT2D eigenvalue weighted by atomic mass is 10.0. The fraction of sp³-hybridized carbons (Fsp3) is 0.904. The van der Waals surface area contributed by atoms with E-state index >= 15 is 0 Å². The molecule has 0 spiro atoms. The van der Waals surface area contributed by atoms with Gasteiger partial charge in [-0.3, -0.25) is 9.59 Å². The van der Waals surface area contributed by atoms with Crippen LogP contribution in [0.25, 0.3) is 0 Å². The molecule has 1 N–H and O–H groups in total. The zero-order chi connectivity index (χ0) is 44.2. The second-order valence-corrected chi connectivity index (χ2v) is 18.8. The van der Waals surface area contributed by atoms with E-state index in [0.717, 1.165) is 51.4 Å². The Labute approximate surface area is 371 Å². The first-order valence-electron chi connectivity index (χ1n) is 25.7. The molecule has 0 aromatic carbocycles. The number of carbonyl (C=O) groups is 3. The summed E-state index contributed by atoms with van der Waals surface area (Å²) in [5, 5.41) is 9.65. The van der Waals surface area contributed by atoms with Crippen molar-refractivity contribution in [1.29, 1.82) is 0 Å². The van der Waals surface area contributed by atoms with E-state index in [-0.39, 0.29) is 36.2 Å². The minimum absolute atomic E-state index is 0.0477. The molecule has 0 heterocycles. The molecular weight excluding hydrogens is 751 g/mol. The van der Waals surface area contributed by atoms with Crippen LogP contribution in [0.2, 0.25) is 0 Å². The lowest BCUT2D eigenvalue weighted by Crippen LogP contribution is -2.50. The van der Waals surface area contributed by atoms with Crippen molar-refractivity contribution < 1.29 is 38.2 Å². The van der Waals surface area contributed by atoms with Gasteiger partial charge in [0.25, 0.3) is 0 Å². The number of hydrogen-bond donors (Lipinski definition) is 1. The summed E-state index contributed by atoms with van der Waals surface area (Å²) in [5.74, 6) is -1.46. The number of unbranched alkanes of at least 4 members (excludes halogenated alkanes) is 31. The summed E-state index contributed by atoms with van der Waals surface area (Å²) in [5.41, 5.74) is 0. The van der Waals surface area contributed by atoms with Gasteiger partial charge in [-0.2, -0.15) is 0 Å². The van der Waals surface area contributed by atoms with Gasteiger partial charge >= 0.3 is 17.9 Å². The number of aliphatic carboxylic acids is 1. The Morgan fingerprint density at radius 1 is 0.483 bits per heavy atom. The van der Waals surface area contributed by atoms with Crippen molar-refractivity contribution in [3.05, 3.63) is 12.2 Å². The quantitative estimate of drug-likeness (QED) is 0.0282. The van der Waals surface area contributed by atoms with Gasteiger partial charge in [0, 0.05) is 19.3 Å². The maximum Gasteiger partial charge on any atom is 0.362 e. The van der Waals surface area contributed by atoms with E-state index < -0.39 is 18.1 Å². The number of carboxylic acids is 1. The first kappa shape index (κ1) is 58.1. The number of nitrogens with zero attached hydrogens (tertiary/aromatic N) is 1. The number of carbonyl (C=O) groups excluding carboxylic acids is 2. The summed E-state index contributed by atoms with van der Waals surface area (Å²) in [7, 11) is 5.54. The molecule has 0 aliphatic heterocycles. The highest BCUT2D eigenvalue weighted by molar-refractivity contribution is 5.72. The van der Waals surface area contributed by atoms with Gasteiger partial charge in [-0.15, -0.1) is 0 Å². The zero-order valence-electron chi connectivity index (χ0n) is 40.4. The second kappa shape index (κ2) is 43.7. The van der Waals surface area contributed by atoms with Crippen LogP contribution in [0.1, 0.15) is 251 Å². The number of ether oxygens (including phenoxy) is 3. The van der Waals surface area contributed by atoms with E-state index in [4.69, 9.17) is 14.2 Å². The van der Waals surface area contributed by atoms with Crippen LogP contribution in [-0.2, 0) is 28.6 Å². The third-order valence-electron chi connectivity index (χ3n) is 11.9. The molecule has 0 rings (SSSR count). The molecule has 0 amide bonds. The molecule has 0 saturated heterocycles. The highest BCUT2D eigenvalue weighted by atomic mass is 16.6. The van der Waals surface area contributed by atoms with Crippen molar-refractivity contribution >= 4 is 17.9 Å². The summed E-state index contributed by atoms with van der Waals surface area (Å²) in [6, 6.07) is -0.612. The van der Waals surface area contributed by atoms with Crippen molar-refractivity contribution in [3.8, 4) is 0 Å². The first-order valence-corrected chi connectivity index (χ1v) is 25.7. The maximum absolute atomic E-state index is 12.8. The van der Waals surface area contributed by atoms with E-state index in [1.54, 1.807) is 0 Å². The van der Waals surface area contributed by atoms with E-state index in [2.05, 4.69) is 26.0 Å². The SMILES string of the molecule is CCCCCCCCC/C=C\CCCCCCCC(=O)OC(COCCC(C(=O)O)[N+](C)(C)C)COC(=O)CCCCCCCCCCCCCCCCCCCCCC. The van der Waals surface area contributed by atoms with E-state index in [9.17, 15) is 19.5 Å². The molecule has 354 valence electrons. The van der Waals surface area contributed by atoms with E-state index in [1.807, 2.05) is 21.1 Å². The van der Waals surface area contributed by atoms with Gasteiger partial charge in [-0.1, -0.05) is 206 Å². The van der Waals surface area contributed by atoms with Crippen LogP contribution in [0.4, 0.5) is 0 Å². The highest BCUT2D eigenvalue weighted by Crippen LogP contribution is 2.16. The van der Waals surface area contributed by atoms with Crippen molar-refractivity contribution in [2.45, 2.75) is 264 Å². The fourth-order valence-electron chi connectivity index (χ4n) is 7.91. The smallest absolute Gasteiger partial charge is 0.362 e. The Balaban J connectivity index is 4.20. The standard InChI is InChI=1S/C52H99NO7/c1-6-8-10-12-14-16-18-20-22-24-25-26-27-29-30-32-34-36-38-40-42-50(54)59-47-48(46-58-45-44-49(52(56)57)53(3,4)5)60-51(55)43-41-39-37-35-33-31-28-23-21-19-17-15-13-11-9-7-2/h23,28,48-49H,6-22,24-27,29-47H2,1-5H3/p+1/b28-23-. The van der Waals surface area contributed by atoms with Crippen LogP contribution in [0.3, 0.4) is 0 Å². The molecule has 8 nitrogen and oxygen atoms in total. The topological polar surface area (TPSA) is 99.1 Å². The van der Waals surface area contributed by atoms with Crippen LogP contribution in [-0.4, -0.2) is 80.6 Å². The number of likely N-dealkylation sites (N-methyl/N-ethyl adjacent to an activating group) is 1. The molecule has 8 heteroatoms. The van der Waals surface area contributed by atoms with Crippen molar-refractivity contribution in [3.63, 3.8) is 0 Å². The van der Waals surface area contributed by atoms with Crippen molar-refractivity contribution in [1.82, 2.24) is 0 Å². The van der Waals surface area contributed by atoms with Gasteiger partial charge in [-0.25, -0.2) is 4.79 Å². The zero-order valence-corrected chi connectivity index (χ0v) is 40.4. The molecule has 60 heavy (non-hydrogen) atoms. The monoisotopic (exact) mass is 851 g/mol. The van der Waals surface area contributed by atoms with Crippen molar-refractivity contribution in [2.75, 3.05) is 41.0 Å². The van der Waals surface area contributed by atoms with Crippen LogP contribution in [0, 0.1) is 0 Å². The highest BCUT2D eigenvalue weighted by Gasteiger charge is 2.31. The molecule has 2 unspecified atom stereocenters. The van der Waals surface area contributed by atoms with Crippen LogP contribution in [0.5, 0.6) is 0 Å². The number of rotatable bonds is 47. The predicted octanol–water partition coefficient (Wildman–Crippen LogP) is 14.6. The molecule has 0 radical (unpaired) electrons. The summed E-state index contributed by atoms with van der Waals surface area (Å²) < 4.78 is 17.4. The molecule has 0 aromatic heterocycles. The number of esters is 2. The van der Waals surface area contributed by atoms with E-state index in [1.165, 1.54) is 167 Å². The normalized spacial score (nSPS) is 12.9. The third kappa shape index (κ3) is 41.4. The summed E-state index contributed by atoms with van der Waals surface area (Å²) in [6.07, 6.45) is 48.3. The Hall–Kier alpha value is -1.93. The summed E-state index contributed by atoms with van der Waals surface area (Å²) in [6.45, 7) is 4.77. The lowest BCUT2D eigenvalue weighted by molar-refractivity contribution is -0.887. The summed E-state index contributed by atoms with van der Waals surface area (Å²) >= 11 is 0. The average molecular weight is 851 g/mol. The van der Waals surface area contributed by atoms with Gasteiger partial charge in [0.15, 0.2) is 12.1 Å². The Bertz CT molecular complexity index is 993. The second-order valence-electron chi connectivity index (χ2n) is 18.8. The third-order valence-corrected chi connectivity index (χ3v) is 11.9. The van der Waals surface area contributed by atoms with Gasteiger partial charge in [0.1, 0.15) is 6.61 Å². The molecule has 2 atom stereocenters. The van der Waals surface area contributed by atoms with Gasteiger partial charge in [0.05, 0.1) is 34.4 Å². The maximum atomic E-state index is 12.8. The molecule has 0 aromatic rings. The minimum atomic E-state index is -0.872. The van der Waals surface area contributed by atoms with Gasteiger partial charge < -0.3 is 23.8 Å². The molecule has 0 aliphatic carbocycles. The van der Waals surface area contributed by atoms with E-state index in [0.29, 0.717) is 19.3 Å². The number of quaternary nitrogens is 1. The molecular formula is C52H100NO7+. The number of allylic oxidation sites excluding steroid dienone is 2. The van der Waals surface area contributed by atoms with Crippen LogP contribution >= 0.6 is 0 Å². The molecule has 0 bridgehead atoms. The average Bonchev–Trinajstić information content (AvgIpc) is 3.21. The number of carboxylic acid groups (broad SMARTS) is 1. The van der Waals surface area contributed by atoms with Crippen LogP contribution in [0.15, 0.2) is 12.2 Å².